The van der Waals surface area contributed by atoms with Gasteiger partial charge in [-0.2, -0.15) is 0 Å². The van der Waals surface area contributed by atoms with Crippen LogP contribution in [0.2, 0.25) is 0 Å². The van der Waals surface area contributed by atoms with Crippen LogP contribution in [0.3, 0.4) is 0 Å². The van der Waals surface area contributed by atoms with Crippen molar-refractivity contribution in [3.05, 3.63) is 0 Å². The molecule has 7 heteroatoms. The predicted octanol–water partition coefficient (Wildman–Crippen LogP) is -2.04. The maximum atomic E-state index is 9.89. The van der Waals surface area contributed by atoms with Crippen molar-refractivity contribution in [3.63, 3.8) is 0 Å². The van der Waals surface area contributed by atoms with E-state index in [-0.39, 0.29) is 6.02 Å². The van der Waals surface area contributed by atoms with Crippen molar-refractivity contribution in [2.24, 2.45) is 4.99 Å². The van der Waals surface area contributed by atoms with E-state index in [9.17, 15) is 20.4 Å². The normalized spacial score (nSPS) is 44.8. The van der Waals surface area contributed by atoms with Gasteiger partial charge < -0.3 is 30.5 Å². The van der Waals surface area contributed by atoms with Gasteiger partial charge in [-0.25, -0.2) is 4.99 Å². The maximum Gasteiger partial charge on any atom is 0.285 e. The molecule has 0 spiro atoms. The fraction of sp³-hybridized carbons (Fsp3) is 0.909. The third-order valence-corrected chi connectivity index (χ3v) is 3.62. The molecule has 1 heterocycles. The van der Waals surface area contributed by atoms with Crippen LogP contribution < -0.4 is 5.32 Å². The minimum atomic E-state index is -1.41. The Balaban J connectivity index is 2.14. The number of aliphatic imine (C=N–C) groups is 1. The lowest BCUT2D eigenvalue weighted by Gasteiger charge is -2.27. The van der Waals surface area contributed by atoms with Crippen molar-refractivity contribution in [3.8, 4) is 0 Å². The van der Waals surface area contributed by atoms with Gasteiger partial charge in [0.1, 0.15) is 24.4 Å². The molecule has 5 N–H and O–H groups in total. The van der Waals surface area contributed by atoms with Crippen molar-refractivity contribution in [2.75, 3.05) is 13.2 Å². The van der Waals surface area contributed by atoms with Gasteiger partial charge >= 0.3 is 0 Å². The molecule has 0 aromatic heterocycles. The van der Waals surface area contributed by atoms with Gasteiger partial charge in [0.25, 0.3) is 6.02 Å². The fourth-order valence-electron chi connectivity index (χ4n) is 2.46. The van der Waals surface area contributed by atoms with Crippen molar-refractivity contribution in [2.45, 2.75) is 49.7 Å². The lowest BCUT2D eigenvalue weighted by Crippen LogP contribution is -2.52. The summed E-state index contributed by atoms with van der Waals surface area (Å²) in [5.74, 6) is 0. The second-order valence-corrected chi connectivity index (χ2v) is 4.80. The molecule has 1 saturated heterocycles. The van der Waals surface area contributed by atoms with E-state index in [1.54, 1.807) is 0 Å². The Bertz CT molecular complexity index is 337. The summed E-state index contributed by atoms with van der Waals surface area (Å²) in [6, 6.07) is -0.555. The smallest absolute Gasteiger partial charge is 0.285 e. The van der Waals surface area contributed by atoms with Crippen molar-refractivity contribution in [1.82, 2.24) is 5.32 Å². The molecule has 0 bridgehead atoms. The first-order valence-corrected chi connectivity index (χ1v) is 6.22. The minimum absolute atomic E-state index is 0.201. The van der Waals surface area contributed by atoms with E-state index in [1.807, 2.05) is 6.92 Å². The molecule has 1 aliphatic heterocycles. The Morgan fingerprint density at radius 1 is 1.33 bits per heavy atom. The number of rotatable bonds is 4. The molecule has 1 saturated carbocycles. The summed E-state index contributed by atoms with van der Waals surface area (Å²) in [5.41, 5.74) is -1.41. The zero-order valence-corrected chi connectivity index (χ0v) is 10.3. The summed E-state index contributed by atoms with van der Waals surface area (Å²) in [6.07, 6.45) is -2.00. The standard InChI is InChI=1S/C11H20N2O5/c1-2-3-4-12-10-13-8-6(15)7(16)9(17)11(8,5-14)18-10/h6-9,14-17H,2-5H2,1H3,(H,12,13). The summed E-state index contributed by atoms with van der Waals surface area (Å²) in [7, 11) is 0. The van der Waals surface area contributed by atoms with Gasteiger partial charge in [-0.05, 0) is 6.42 Å². The van der Waals surface area contributed by atoms with Gasteiger partial charge in [-0.3, -0.25) is 0 Å². The summed E-state index contributed by atoms with van der Waals surface area (Å²) >= 11 is 0. The molecule has 18 heavy (non-hydrogen) atoms. The number of amidine groups is 1. The van der Waals surface area contributed by atoms with E-state index in [0.717, 1.165) is 12.8 Å². The molecule has 2 aliphatic rings. The first-order valence-electron chi connectivity index (χ1n) is 6.22. The zero-order valence-electron chi connectivity index (χ0n) is 10.3. The first-order chi connectivity index (χ1) is 8.56. The second-order valence-electron chi connectivity index (χ2n) is 4.80. The van der Waals surface area contributed by atoms with Crippen LogP contribution in [0.1, 0.15) is 19.8 Å². The molecule has 5 atom stereocenters. The minimum Gasteiger partial charge on any atom is -0.451 e. The van der Waals surface area contributed by atoms with E-state index in [2.05, 4.69) is 10.3 Å². The number of aliphatic hydroxyl groups excluding tert-OH is 4. The molecule has 2 rings (SSSR count). The van der Waals surface area contributed by atoms with E-state index in [1.165, 1.54) is 0 Å². The molecule has 2 fully saturated rings. The third-order valence-electron chi connectivity index (χ3n) is 3.62. The molecule has 0 amide bonds. The summed E-state index contributed by atoms with van der Waals surface area (Å²) in [4.78, 5) is 4.15. The van der Waals surface area contributed by atoms with E-state index < -0.39 is 36.6 Å². The number of fused-ring (bicyclic) bond motifs is 1. The van der Waals surface area contributed by atoms with Crippen LogP contribution in [-0.4, -0.2) is 69.6 Å². The Morgan fingerprint density at radius 2 is 2.06 bits per heavy atom. The van der Waals surface area contributed by atoms with Crippen LogP contribution in [0, 0.1) is 0 Å². The summed E-state index contributed by atoms with van der Waals surface area (Å²) in [5, 5.41) is 41.5. The van der Waals surface area contributed by atoms with Crippen LogP contribution in [-0.2, 0) is 4.74 Å². The maximum absolute atomic E-state index is 9.89. The van der Waals surface area contributed by atoms with Gasteiger partial charge in [0.05, 0.1) is 6.61 Å². The van der Waals surface area contributed by atoms with Crippen molar-refractivity contribution >= 4 is 6.02 Å². The highest BCUT2D eigenvalue weighted by atomic mass is 16.6. The average Bonchev–Trinajstić information content (AvgIpc) is 2.82. The largest absolute Gasteiger partial charge is 0.451 e. The lowest BCUT2D eigenvalue weighted by molar-refractivity contribution is -0.0978. The van der Waals surface area contributed by atoms with Gasteiger partial charge in [-0.15, -0.1) is 0 Å². The fourth-order valence-corrected chi connectivity index (χ4v) is 2.46. The van der Waals surface area contributed by atoms with Crippen LogP contribution in [0.4, 0.5) is 0 Å². The van der Waals surface area contributed by atoms with E-state index in [4.69, 9.17) is 4.74 Å². The number of aliphatic hydroxyl groups is 4. The van der Waals surface area contributed by atoms with Crippen LogP contribution in [0.25, 0.3) is 0 Å². The number of hydrogen-bond acceptors (Lipinski definition) is 6. The molecule has 7 nitrogen and oxygen atoms in total. The third kappa shape index (κ3) is 1.87. The average molecular weight is 260 g/mol. The molecule has 1 aliphatic carbocycles. The highest BCUT2D eigenvalue weighted by Crippen LogP contribution is 2.38. The van der Waals surface area contributed by atoms with Crippen molar-refractivity contribution in [1.29, 1.82) is 0 Å². The quantitative estimate of drug-likeness (QED) is 0.372. The Labute approximate surface area is 105 Å². The van der Waals surface area contributed by atoms with E-state index >= 15 is 0 Å². The number of unbranched alkanes of at least 4 members (excludes halogenated alkanes) is 1. The zero-order chi connectivity index (χ0) is 13.3. The van der Waals surface area contributed by atoms with Crippen LogP contribution in [0.5, 0.6) is 0 Å². The summed E-state index contributed by atoms with van der Waals surface area (Å²) < 4.78 is 5.44. The highest BCUT2D eigenvalue weighted by Gasteiger charge is 2.65. The van der Waals surface area contributed by atoms with Crippen molar-refractivity contribution < 1.29 is 25.2 Å². The molecular formula is C11H20N2O5. The van der Waals surface area contributed by atoms with Crippen LogP contribution in [0.15, 0.2) is 4.99 Å². The lowest BCUT2D eigenvalue weighted by atomic mass is 9.97. The van der Waals surface area contributed by atoms with Gasteiger partial charge in [0.15, 0.2) is 5.60 Å². The molecule has 104 valence electrons. The molecule has 0 radical (unpaired) electrons. The molecular weight excluding hydrogens is 240 g/mol. The molecule has 0 aromatic rings. The predicted molar refractivity (Wildman–Crippen MR) is 63.1 cm³/mol. The number of nitrogens with one attached hydrogen (secondary N) is 1. The Hall–Kier alpha value is -0.890. The second kappa shape index (κ2) is 5.00. The Morgan fingerprint density at radius 3 is 2.61 bits per heavy atom. The molecule has 5 unspecified atom stereocenters. The first kappa shape index (κ1) is 13.5. The highest BCUT2D eigenvalue weighted by molar-refractivity contribution is 5.77. The SMILES string of the molecule is CCCCN=C1NC2C(O)C(O)C(O)C2(CO)O1. The number of hydrogen-bond donors (Lipinski definition) is 5. The van der Waals surface area contributed by atoms with Gasteiger partial charge in [-0.1, -0.05) is 13.3 Å². The topological polar surface area (TPSA) is 115 Å². The number of nitrogens with zero attached hydrogens (tertiary/aromatic N) is 1. The number of ether oxygens (including phenoxy) is 1. The van der Waals surface area contributed by atoms with Gasteiger partial charge in [0, 0.05) is 6.54 Å². The van der Waals surface area contributed by atoms with Crippen LogP contribution >= 0.6 is 0 Å². The molecule has 0 aromatic carbocycles. The van der Waals surface area contributed by atoms with E-state index in [0.29, 0.717) is 6.54 Å². The Kier molecular flexibility index (Phi) is 3.76. The monoisotopic (exact) mass is 260 g/mol. The van der Waals surface area contributed by atoms with Gasteiger partial charge in [0.2, 0.25) is 0 Å². The summed E-state index contributed by atoms with van der Waals surface area (Å²) in [6.45, 7) is 2.10.